The van der Waals surface area contributed by atoms with E-state index in [1.807, 2.05) is 13.8 Å². The van der Waals surface area contributed by atoms with E-state index >= 15 is 0 Å². The van der Waals surface area contributed by atoms with E-state index in [0.29, 0.717) is 60.9 Å². The maximum absolute atomic E-state index is 13.1. The second kappa shape index (κ2) is 10.4. The van der Waals surface area contributed by atoms with E-state index in [-0.39, 0.29) is 28.9 Å². The first-order chi connectivity index (χ1) is 16.8. The molecule has 0 atom stereocenters. The molecule has 0 saturated carbocycles. The molecule has 0 spiro atoms. The van der Waals surface area contributed by atoms with E-state index in [9.17, 15) is 13.2 Å². The van der Waals surface area contributed by atoms with Crippen molar-refractivity contribution in [3.05, 3.63) is 40.1 Å². The number of aliphatic hydroxyl groups excluding tert-OH is 1. The van der Waals surface area contributed by atoms with Crippen LogP contribution in [-0.4, -0.2) is 76.9 Å². The van der Waals surface area contributed by atoms with Gasteiger partial charge in [0.2, 0.25) is 10.0 Å². The number of hydrogen-bond acceptors (Lipinski definition) is 8. The third-order valence-corrected chi connectivity index (χ3v) is 7.46. The molecule has 1 saturated heterocycles. The summed E-state index contributed by atoms with van der Waals surface area (Å²) in [5.41, 5.74) is 0.985. The van der Waals surface area contributed by atoms with Crippen LogP contribution < -0.4 is 15.0 Å². The number of rotatable bonds is 11. The Morgan fingerprint density at radius 1 is 1.29 bits per heavy atom. The number of nitrogens with one attached hydrogen (secondary N) is 2. The second-order valence-corrected chi connectivity index (χ2v) is 10.4. The summed E-state index contributed by atoms with van der Waals surface area (Å²) in [4.78, 5) is 22.3. The maximum Gasteiger partial charge on any atom is 0.277 e. The first kappa shape index (κ1) is 25.3. The molecule has 2 aromatic heterocycles. The number of imidazole rings is 1. The molecule has 11 nitrogen and oxygen atoms in total. The van der Waals surface area contributed by atoms with E-state index < -0.39 is 10.0 Å². The van der Waals surface area contributed by atoms with Gasteiger partial charge in [0.05, 0.1) is 22.8 Å². The molecule has 35 heavy (non-hydrogen) atoms. The lowest BCUT2D eigenvalue weighted by Crippen LogP contribution is -2.59. The predicted molar refractivity (Wildman–Crippen MR) is 131 cm³/mol. The number of ether oxygens (including phenoxy) is 1. The predicted octanol–water partition coefficient (Wildman–Crippen LogP) is 1.09. The fourth-order valence-electron chi connectivity index (χ4n) is 4.29. The number of aromatic nitrogens is 4. The van der Waals surface area contributed by atoms with E-state index in [1.165, 1.54) is 16.6 Å². The average Bonchev–Trinajstić information content (AvgIpc) is 3.11. The highest BCUT2D eigenvalue weighted by Gasteiger charge is 2.31. The lowest BCUT2D eigenvalue weighted by atomic mass is 10.1. The molecule has 190 valence electrons. The van der Waals surface area contributed by atoms with Crippen LogP contribution in [0.3, 0.4) is 0 Å². The van der Waals surface area contributed by atoms with Gasteiger partial charge in [-0.25, -0.2) is 22.6 Å². The third-order valence-electron chi connectivity index (χ3n) is 5.94. The summed E-state index contributed by atoms with van der Waals surface area (Å²) in [6.07, 6.45) is 2.15. The standard InChI is InChI=1S/C23H32N6O5S/c1-4-7-20-24-15(3)21-23(31)25-22(26-29(20)21)18-12-17(8-9-19(18)34-5-2)35(32,33)27-16-13-28(14-16)10-6-11-30/h8-9,12,16,27,30H,4-7,10-11,13-14H2,1-3H3,(H,25,26,31). The number of fused-ring (bicyclic) bond motifs is 1. The highest BCUT2D eigenvalue weighted by atomic mass is 32.2. The van der Waals surface area contributed by atoms with Gasteiger partial charge in [0.25, 0.3) is 5.56 Å². The average molecular weight is 505 g/mol. The Morgan fingerprint density at radius 3 is 2.74 bits per heavy atom. The number of benzene rings is 1. The van der Waals surface area contributed by atoms with Crippen molar-refractivity contribution < 1.29 is 18.3 Å². The first-order valence-corrected chi connectivity index (χ1v) is 13.4. The number of likely N-dealkylation sites (tertiary alicyclic amines) is 1. The Hall–Kier alpha value is -2.80. The molecule has 4 rings (SSSR count). The smallest absolute Gasteiger partial charge is 0.277 e. The number of H-pyrrole nitrogens is 1. The number of aromatic amines is 1. The molecule has 0 amide bonds. The monoisotopic (exact) mass is 504 g/mol. The Labute approximate surface area is 204 Å². The Bertz CT molecular complexity index is 1360. The van der Waals surface area contributed by atoms with Gasteiger partial charge < -0.3 is 14.8 Å². The molecule has 0 bridgehead atoms. The zero-order valence-electron chi connectivity index (χ0n) is 20.2. The second-order valence-electron chi connectivity index (χ2n) is 8.67. The quantitative estimate of drug-likeness (QED) is 0.352. The van der Waals surface area contributed by atoms with Crippen molar-refractivity contribution in [2.45, 2.75) is 51.0 Å². The van der Waals surface area contributed by atoms with Crippen molar-refractivity contribution in [2.75, 3.05) is 32.8 Å². The van der Waals surface area contributed by atoms with Crippen molar-refractivity contribution in [2.24, 2.45) is 0 Å². The van der Waals surface area contributed by atoms with Crippen LogP contribution in [0.5, 0.6) is 5.75 Å². The molecule has 0 radical (unpaired) electrons. The number of aryl methyl sites for hydroxylation is 2. The topological polar surface area (TPSA) is 142 Å². The molecule has 0 aliphatic carbocycles. The Balaban J connectivity index is 1.69. The lowest BCUT2D eigenvalue weighted by molar-refractivity contribution is 0.128. The van der Waals surface area contributed by atoms with Gasteiger partial charge in [-0.15, -0.1) is 5.10 Å². The summed E-state index contributed by atoms with van der Waals surface area (Å²) >= 11 is 0. The SMILES string of the molecule is CCCc1nc(C)c2c(=O)[nH]c(-c3cc(S(=O)(=O)NC4CN(CCCO)C4)ccc3OCC)nn12. The van der Waals surface area contributed by atoms with Gasteiger partial charge in [-0.2, -0.15) is 0 Å². The minimum Gasteiger partial charge on any atom is -0.493 e. The summed E-state index contributed by atoms with van der Waals surface area (Å²) in [7, 11) is -3.81. The number of nitrogens with zero attached hydrogens (tertiary/aromatic N) is 4. The highest BCUT2D eigenvalue weighted by molar-refractivity contribution is 7.89. The van der Waals surface area contributed by atoms with E-state index in [1.54, 1.807) is 13.0 Å². The van der Waals surface area contributed by atoms with Gasteiger partial charge in [-0.05, 0) is 44.9 Å². The molecule has 3 heterocycles. The van der Waals surface area contributed by atoms with Crippen LogP contribution in [0.4, 0.5) is 0 Å². The van der Waals surface area contributed by atoms with Crippen LogP contribution in [0.1, 0.15) is 38.2 Å². The van der Waals surface area contributed by atoms with Crippen molar-refractivity contribution in [1.82, 2.24) is 29.2 Å². The first-order valence-electron chi connectivity index (χ1n) is 11.9. The minimum absolute atomic E-state index is 0.0584. The zero-order chi connectivity index (χ0) is 25.2. The van der Waals surface area contributed by atoms with Crippen LogP contribution in [0.15, 0.2) is 27.9 Å². The van der Waals surface area contributed by atoms with Gasteiger partial charge in [-0.3, -0.25) is 9.69 Å². The molecule has 1 aliphatic rings. The van der Waals surface area contributed by atoms with Crippen LogP contribution in [0.25, 0.3) is 16.9 Å². The molecule has 1 fully saturated rings. The van der Waals surface area contributed by atoms with Gasteiger partial charge in [0.1, 0.15) is 11.6 Å². The highest BCUT2D eigenvalue weighted by Crippen LogP contribution is 2.30. The number of hydrogen-bond donors (Lipinski definition) is 3. The van der Waals surface area contributed by atoms with Gasteiger partial charge in [-0.1, -0.05) is 6.92 Å². The number of sulfonamides is 1. The largest absolute Gasteiger partial charge is 0.493 e. The third kappa shape index (κ3) is 5.25. The molecule has 3 aromatic rings. The molecule has 3 N–H and O–H groups in total. The summed E-state index contributed by atoms with van der Waals surface area (Å²) in [6, 6.07) is 4.34. The Morgan fingerprint density at radius 2 is 2.06 bits per heavy atom. The van der Waals surface area contributed by atoms with Crippen molar-refractivity contribution in [1.29, 1.82) is 0 Å². The molecule has 1 aliphatic heterocycles. The normalized spacial score (nSPS) is 15.0. The molecule has 12 heteroatoms. The van der Waals surface area contributed by atoms with E-state index in [4.69, 9.17) is 9.84 Å². The Kier molecular flexibility index (Phi) is 7.55. The summed E-state index contributed by atoms with van der Waals surface area (Å²) in [5, 5.41) is 13.6. The number of aliphatic hydroxyl groups is 1. The van der Waals surface area contributed by atoms with Crippen LogP contribution in [0.2, 0.25) is 0 Å². The molecular weight excluding hydrogens is 472 g/mol. The molecule has 1 aromatic carbocycles. The van der Waals surface area contributed by atoms with E-state index in [0.717, 1.165) is 13.0 Å². The van der Waals surface area contributed by atoms with Crippen LogP contribution in [-0.2, 0) is 16.4 Å². The summed E-state index contributed by atoms with van der Waals surface area (Å²) in [6.45, 7) is 8.01. The fourth-order valence-corrected chi connectivity index (χ4v) is 5.54. The lowest BCUT2D eigenvalue weighted by Gasteiger charge is -2.39. The van der Waals surface area contributed by atoms with Gasteiger partial charge in [0, 0.05) is 38.7 Å². The van der Waals surface area contributed by atoms with Crippen molar-refractivity contribution >= 4 is 15.5 Å². The molecule has 0 unspecified atom stereocenters. The van der Waals surface area contributed by atoms with Crippen LogP contribution in [0, 0.1) is 6.92 Å². The van der Waals surface area contributed by atoms with Gasteiger partial charge in [0.15, 0.2) is 11.3 Å². The summed E-state index contributed by atoms with van der Waals surface area (Å²) < 4.78 is 36.2. The maximum atomic E-state index is 13.1. The molecular formula is C23H32N6O5S. The van der Waals surface area contributed by atoms with Crippen molar-refractivity contribution in [3.8, 4) is 17.1 Å². The minimum atomic E-state index is -3.81. The zero-order valence-corrected chi connectivity index (χ0v) is 21.1. The van der Waals surface area contributed by atoms with Crippen molar-refractivity contribution in [3.63, 3.8) is 0 Å². The van der Waals surface area contributed by atoms with E-state index in [2.05, 4.69) is 24.7 Å². The summed E-state index contributed by atoms with van der Waals surface area (Å²) in [5.74, 6) is 1.30. The van der Waals surface area contributed by atoms with Crippen LogP contribution >= 0.6 is 0 Å². The van der Waals surface area contributed by atoms with Gasteiger partial charge >= 0.3 is 0 Å². The fraction of sp³-hybridized carbons (Fsp3) is 0.522.